The predicted molar refractivity (Wildman–Crippen MR) is 60.2 cm³/mol. The van der Waals surface area contributed by atoms with Gasteiger partial charge < -0.3 is 9.47 Å². The zero-order chi connectivity index (χ0) is 12.7. The van der Waals surface area contributed by atoms with Gasteiger partial charge in [-0.05, 0) is 13.0 Å². The van der Waals surface area contributed by atoms with Crippen LogP contribution in [0.2, 0.25) is 0 Å². The van der Waals surface area contributed by atoms with Crippen molar-refractivity contribution in [2.75, 3.05) is 13.7 Å². The summed E-state index contributed by atoms with van der Waals surface area (Å²) in [5.74, 6) is -0.878. The highest BCUT2D eigenvalue weighted by atomic mass is 16.5. The lowest BCUT2D eigenvalue weighted by molar-refractivity contribution is -0.146. The van der Waals surface area contributed by atoms with Crippen LogP contribution >= 0.6 is 0 Å². The zero-order valence-electron chi connectivity index (χ0n) is 9.84. The first-order valence-electron chi connectivity index (χ1n) is 5.27. The molecule has 0 aliphatic heterocycles. The van der Waals surface area contributed by atoms with Crippen LogP contribution in [0.1, 0.15) is 12.6 Å². The minimum absolute atomic E-state index is 0.229. The Hall–Kier alpha value is -2.09. The average Bonchev–Trinajstić information content (AvgIpc) is 2.36. The van der Waals surface area contributed by atoms with E-state index in [1.54, 1.807) is 25.1 Å². The monoisotopic (exact) mass is 234 g/mol. The van der Waals surface area contributed by atoms with Crippen LogP contribution in [0.3, 0.4) is 0 Å². The normalized spacial score (nSPS) is 11.4. The molecule has 1 unspecified atom stereocenters. The second-order valence-corrected chi connectivity index (χ2v) is 3.31. The molecule has 0 radical (unpaired) electrons. The second kappa shape index (κ2) is 6.48. The van der Waals surface area contributed by atoms with Crippen molar-refractivity contribution in [3.63, 3.8) is 0 Å². The van der Waals surface area contributed by atoms with Gasteiger partial charge in [-0.15, -0.1) is 0 Å². The molecule has 0 saturated heterocycles. The number of carbonyl (C=O) groups is 1. The average molecular weight is 234 g/mol. The number of rotatable bonds is 5. The van der Waals surface area contributed by atoms with Gasteiger partial charge in [0.2, 0.25) is 5.88 Å². The third-order valence-electron chi connectivity index (χ3n) is 2.13. The van der Waals surface area contributed by atoms with E-state index in [-0.39, 0.29) is 13.0 Å². The molecule has 1 heterocycles. The lowest BCUT2D eigenvalue weighted by Gasteiger charge is -2.08. The van der Waals surface area contributed by atoms with Gasteiger partial charge in [0, 0.05) is 18.2 Å². The highest BCUT2D eigenvalue weighted by Crippen LogP contribution is 2.12. The van der Waals surface area contributed by atoms with E-state index < -0.39 is 11.9 Å². The number of carbonyl (C=O) groups excluding carboxylic acids is 1. The fraction of sp³-hybridized carbons (Fsp3) is 0.417. The number of hydrogen-bond donors (Lipinski definition) is 0. The standard InChI is InChI=1S/C12H14N2O3/c1-3-17-12(15)9(8-13)7-10-5-4-6-11(14-10)16-2/h4-6,9H,3,7H2,1-2H3. The lowest BCUT2D eigenvalue weighted by Crippen LogP contribution is -2.19. The van der Waals surface area contributed by atoms with E-state index in [1.807, 2.05) is 6.07 Å². The fourth-order valence-electron chi connectivity index (χ4n) is 1.32. The summed E-state index contributed by atoms with van der Waals surface area (Å²) in [5, 5.41) is 8.90. The molecule has 0 saturated carbocycles. The number of methoxy groups -OCH3 is 1. The largest absolute Gasteiger partial charge is 0.481 e. The van der Waals surface area contributed by atoms with Gasteiger partial charge in [0.05, 0.1) is 19.8 Å². The first-order chi connectivity index (χ1) is 8.21. The molecule has 90 valence electrons. The summed E-state index contributed by atoms with van der Waals surface area (Å²) in [6.07, 6.45) is 0.229. The molecule has 0 spiro atoms. The summed E-state index contributed by atoms with van der Waals surface area (Å²) >= 11 is 0. The topological polar surface area (TPSA) is 72.2 Å². The summed E-state index contributed by atoms with van der Waals surface area (Å²) in [7, 11) is 1.51. The number of nitrogens with zero attached hydrogens (tertiary/aromatic N) is 2. The first kappa shape index (κ1) is 13.0. The molecule has 5 nitrogen and oxygen atoms in total. The van der Waals surface area contributed by atoms with Gasteiger partial charge in [-0.1, -0.05) is 6.07 Å². The first-order valence-corrected chi connectivity index (χ1v) is 5.27. The smallest absolute Gasteiger partial charge is 0.323 e. The Kier molecular flexibility index (Phi) is 4.95. The van der Waals surface area contributed by atoms with Crippen LogP contribution in [0.5, 0.6) is 5.88 Å². The number of hydrogen-bond acceptors (Lipinski definition) is 5. The number of aromatic nitrogens is 1. The van der Waals surface area contributed by atoms with E-state index >= 15 is 0 Å². The maximum Gasteiger partial charge on any atom is 0.323 e. The molecule has 5 heteroatoms. The van der Waals surface area contributed by atoms with Crippen LogP contribution < -0.4 is 4.74 Å². The van der Waals surface area contributed by atoms with E-state index in [2.05, 4.69) is 4.98 Å². The Morgan fingerprint density at radius 2 is 2.35 bits per heavy atom. The molecule has 0 fully saturated rings. The molecular weight excluding hydrogens is 220 g/mol. The predicted octanol–water partition coefficient (Wildman–Crippen LogP) is 1.34. The third-order valence-corrected chi connectivity index (χ3v) is 2.13. The van der Waals surface area contributed by atoms with Crippen LogP contribution in [-0.4, -0.2) is 24.7 Å². The highest BCUT2D eigenvalue weighted by molar-refractivity contribution is 5.75. The maximum atomic E-state index is 11.4. The van der Waals surface area contributed by atoms with Crippen LogP contribution in [0.15, 0.2) is 18.2 Å². The molecule has 1 atom stereocenters. The lowest BCUT2D eigenvalue weighted by atomic mass is 10.1. The van der Waals surface area contributed by atoms with E-state index in [0.717, 1.165) is 0 Å². The molecule has 1 aromatic rings. The molecule has 0 aliphatic rings. The van der Waals surface area contributed by atoms with E-state index in [0.29, 0.717) is 11.6 Å². The Balaban J connectivity index is 2.74. The van der Waals surface area contributed by atoms with Gasteiger partial charge in [-0.2, -0.15) is 5.26 Å². The molecule has 0 aliphatic carbocycles. The van der Waals surface area contributed by atoms with Crippen molar-refractivity contribution >= 4 is 5.97 Å². The van der Waals surface area contributed by atoms with Crippen LogP contribution in [-0.2, 0) is 16.0 Å². The summed E-state index contributed by atoms with van der Waals surface area (Å²) in [5.41, 5.74) is 0.629. The van der Waals surface area contributed by atoms with Gasteiger partial charge in [0.25, 0.3) is 0 Å². The molecule has 1 aromatic heterocycles. The minimum atomic E-state index is -0.824. The summed E-state index contributed by atoms with van der Waals surface area (Å²) < 4.78 is 9.77. The zero-order valence-corrected chi connectivity index (χ0v) is 9.84. The quantitative estimate of drug-likeness (QED) is 0.719. The summed E-state index contributed by atoms with van der Waals surface area (Å²) in [6, 6.07) is 7.13. The van der Waals surface area contributed by atoms with Crippen molar-refractivity contribution in [3.8, 4) is 11.9 Å². The minimum Gasteiger partial charge on any atom is -0.481 e. The van der Waals surface area contributed by atoms with Gasteiger partial charge in [-0.3, -0.25) is 4.79 Å². The van der Waals surface area contributed by atoms with Crippen molar-refractivity contribution in [1.82, 2.24) is 4.98 Å². The van der Waals surface area contributed by atoms with Crippen molar-refractivity contribution in [3.05, 3.63) is 23.9 Å². The van der Waals surface area contributed by atoms with Crippen molar-refractivity contribution in [2.24, 2.45) is 5.92 Å². The van der Waals surface area contributed by atoms with Crippen molar-refractivity contribution in [2.45, 2.75) is 13.3 Å². The van der Waals surface area contributed by atoms with Crippen LogP contribution in [0.25, 0.3) is 0 Å². The maximum absolute atomic E-state index is 11.4. The van der Waals surface area contributed by atoms with Crippen LogP contribution in [0.4, 0.5) is 0 Å². The van der Waals surface area contributed by atoms with Gasteiger partial charge in [-0.25, -0.2) is 4.98 Å². The number of esters is 1. The Labute approximate surface area is 100.0 Å². The van der Waals surface area contributed by atoms with Gasteiger partial charge >= 0.3 is 5.97 Å². The number of nitriles is 1. The molecular formula is C12H14N2O3. The molecule has 1 rings (SSSR count). The Morgan fingerprint density at radius 1 is 1.59 bits per heavy atom. The molecule has 0 amide bonds. The van der Waals surface area contributed by atoms with Crippen molar-refractivity contribution in [1.29, 1.82) is 5.26 Å². The second-order valence-electron chi connectivity index (χ2n) is 3.31. The third kappa shape index (κ3) is 3.76. The van der Waals surface area contributed by atoms with E-state index in [9.17, 15) is 4.79 Å². The number of ether oxygens (including phenoxy) is 2. The molecule has 0 N–H and O–H groups in total. The Bertz CT molecular complexity index is 426. The van der Waals surface area contributed by atoms with Gasteiger partial charge in [0.1, 0.15) is 5.92 Å². The number of pyridine rings is 1. The van der Waals surface area contributed by atoms with E-state index in [4.69, 9.17) is 14.7 Å². The van der Waals surface area contributed by atoms with Gasteiger partial charge in [0.15, 0.2) is 0 Å². The molecule has 0 bridgehead atoms. The van der Waals surface area contributed by atoms with Crippen molar-refractivity contribution < 1.29 is 14.3 Å². The molecule has 0 aromatic carbocycles. The van der Waals surface area contributed by atoms with Crippen LogP contribution in [0, 0.1) is 17.2 Å². The highest BCUT2D eigenvalue weighted by Gasteiger charge is 2.20. The fourth-order valence-corrected chi connectivity index (χ4v) is 1.32. The SMILES string of the molecule is CCOC(=O)C(C#N)Cc1cccc(OC)n1. The van der Waals surface area contributed by atoms with E-state index in [1.165, 1.54) is 7.11 Å². The molecule has 17 heavy (non-hydrogen) atoms. The summed E-state index contributed by atoms with van der Waals surface area (Å²) in [6.45, 7) is 1.97. The summed E-state index contributed by atoms with van der Waals surface area (Å²) in [4.78, 5) is 15.6. The Morgan fingerprint density at radius 3 is 2.94 bits per heavy atom.